The number of hydrogen-bond donors (Lipinski definition) is 1. The second kappa shape index (κ2) is 10.5. The van der Waals surface area contributed by atoms with Gasteiger partial charge in [0.05, 0.1) is 27.4 Å². The summed E-state index contributed by atoms with van der Waals surface area (Å²) in [5, 5.41) is 11.0. The smallest absolute Gasteiger partial charge is 0.238 e. The summed E-state index contributed by atoms with van der Waals surface area (Å²) >= 11 is 0. The van der Waals surface area contributed by atoms with Gasteiger partial charge in [0.15, 0.2) is 0 Å². The lowest BCUT2D eigenvalue weighted by molar-refractivity contribution is -0.115. The molecule has 24 heavy (non-hydrogen) atoms. The van der Waals surface area contributed by atoms with Crippen LogP contribution in [0, 0.1) is 11.3 Å². The first-order valence-corrected chi connectivity index (χ1v) is 7.13. The minimum absolute atomic E-state index is 0.238. The lowest BCUT2D eigenvalue weighted by Gasteiger charge is -2.15. The van der Waals surface area contributed by atoms with E-state index in [0.29, 0.717) is 22.9 Å². The van der Waals surface area contributed by atoms with Crippen molar-refractivity contribution < 1.29 is 19.0 Å². The van der Waals surface area contributed by atoms with E-state index in [9.17, 15) is 4.79 Å². The van der Waals surface area contributed by atoms with Gasteiger partial charge in [-0.25, -0.2) is 0 Å². The average Bonchev–Trinajstić information content (AvgIpc) is 2.64. The van der Waals surface area contributed by atoms with Crippen LogP contribution in [0.4, 0.5) is 5.69 Å². The number of amides is 1. The third-order valence-electron chi connectivity index (χ3n) is 2.89. The van der Waals surface area contributed by atoms with Gasteiger partial charge in [0, 0.05) is 12.1 Å². The number of anilines is 1. The molecule has 0 atom stereocenters. The van der Waals surface area contributed by atoms with Crippen molar-refractivity contribution in [2.45, 2.75) is 6.42 Å². The molecule has 0 aromatic heterocycles. The van der Waals surface area contributed by atoms with Gasteiger partial charge >= 0.3 is 0 Å². The Balaban J connectivity index is 0.000000400. The van der Waals surface area contributed by atoms with Crippen LogP contribution < -0.4 is 19.5 Å². The van der Waals surface area contributed by atoms with Crippen LogP contribution >= 0.6 is 0 Å². The summed E-state index contributed by atoms with van der Waals surface area (Å²) in [6.45, 7) is 0. The van der Waals surface area contributed by atoms with Crippen molar-refractivity contribution in [2.75, 3.05) is 26.6 Å². The number of benzene rings is 2. The molecular formula is C18H20N2O4. The topological polar surface area (TPSA) is 80.6 Å². The van der Waals surface area contributed by atoms with E-state index < -0.39 is 5.91 Å². The Morgan fingerprint density at radius 1 is 0.958 bits per heavy atom. The van der Waals surface area contributed by atoms with Crippen molar-refractivity contribution >= 4 is 11.6 Å². The Kier molecular flexibility index (Phi) is 8.26. The third-order valence-corrected chi connectivity index (χ3v) is 2.89. The van der Waals surface area contributed by atoms with Crippen LogP contribution in [0.15, 0.2) is 48.5 Å². The number of carbonyl (C=O) groups is 1. The van der Waals surface area contributed by atoms with E-state index in [4.69, 9.17) is 19.5 Å². The number of nitriles is 1. The van der Waals surface area contributed by atoms with Crippen LogP contribution in [-0.2, 0) is 4.79 Å². The Hall–Kier alpha value is -3.20. The molecule has 2 aromatic rings. The first-order chi connectivity index (χ1) is 11.7. The molecule has 0 spiro atoms. The normalized spacial score (nSPS) is 8.92. The van der Waals surface area contributed by atoms with Crippen LogP contribution in [0.2, 0.25) is 0 Å². The third kappa shape index (κ3) is 5.89. The monoisotopic (exact) mass is 328 g/mol. The number of methoxy groups -OCH3 is 3. The molecule has 0 saturated carbocycles. The van der Waals surface area contributed by atoms with E-state index in [1.807, 2.05) is 36.4 Å². The molecule has 1 N–H and O–H groups in total. The van der Waals surface area contributed by atoms with Crippen molar-refractivity contribution in [2.24, 2.45) is 0 Å². The molecule has 0 fully saturated rings. The summed E-state index contributed by atoms with van der Waals surface area (Å²) in [6, 6.07) is 17.0. The molecule has 0 radical (unpaired) electrons. The van der Waals surface area contributed by atoms with Crippen LogP contribution in [0.5, 0.6) is 17.2 Å². The van der Waals surface area contributed by atoms with Crippen molar-refractivity contribution in [1.82, 2.24) is 0 Å². The number of nitrogens with one attached hydrogen (secondary N) is 1. The highest BCUT2D eigenvalue weighted by atomic mass is 16.5. The van der Waals surface area contributed by atoms with Crippen molar-refractivity contribution in [1.29, 1.82) is 5.26 Å². The summed E-state index contributed by atoms with van der Waals surface area (Å²) in [5.74, 6) is 0.913. The highest BCUT2D eigenvalue weighted by Crippen LogP contribution is 2.38. The molecule has 1 amide bonds. The molecule has 2 aromatic carbocycles. The Morgan fingerprint density at radius 2 is 1.42 bits per heavy atom. The second-order valence-electron chi connectivity index (χ2n) is 4.44. The van der Waals surface area contributed by atoms with E-state index in [2.05, 4.69) is 5.32 Å². The summed E-state index contributed by atoms with van der Waals surface area (Å²) in [7, 11) is 4.45. The molecule has 126 valence electrons. The molecule has 0 bridgehead atoms. The standard InChI is InChI=1S/C12H14N2O4.C6H6/c1-16-8-6-9(17-2)12(10(7-8)18-3)14-11(15)4-5-13;1-2-4-6-5-3-1/h6-7H,4H2,1-3H3,(H,14,15);1-6H. The van der Waals surface area contributed by atoms with Gasteiger partial charge in [-0.1, -0.05) is 36.4 Å². The number of hydrogen-bond acceptors (Lipinski definition) is 5. The summed E-state index contributed by atoms with van der Waals surface area (Å²) in [6.07, 6.45) is -0.238. The van der Waals surface area contributed by atoms with Crippen molar-refractivity contribution in [3.63, 3.8) is 0 Å². The second-order valence-corrected chi connectivity index (χ2v) is 4.44. The molecule has 0 aliphatic carbocycles. The molecule has 6 nitrogen and oxygen atoms in total. The zero-order chi connectivity index (χ0) is 17.8. The molecular weight excluding hydrogens is 308 g/mol. The largest absolute Gasteiger partial charge is 0.496 e. The van der Waals surface area contributed by atoms with Gasteiger partial charge in [-0.15, -0.1) is 0 Å². The minimum Gasteiger partial charge on any atom is -0.496 e. The van der Waals surface area contributed by atoms with Crippen LogP contribution in [0.1, 0.15) is 6.42 Å². The maximum Gasteiger partial charge on any atom is 0.238 e. The molecule has 0 saturated heterocycles. The maximum absolute atomic E-state index is 11.4. The fraction of sp³-hybridized carbons (Fsp3) is 0.222. The zero-order valence-electron chi connectivity index (χ0n) is 13.9. The van der Waals surface area contributed by atoms with Crippen LogP contribution in [-0.4, -0.2) is 27.2 Å². The number of rotatable bonds is 5. The Bertz CT molecular complexity index is 629. The van der Waals surface area contributed by atoms with E-state index in [-0.39, 0.29) is 6.42 Å². The maximum atomic E-state index is 11.4. The first-order valence-electron chi connectivity index (χ1n) is 7.13. The van der Waals surface area contributed by atoms with Gasteiger partial charge < -0.3 is 19.5 Å². The zero-order valence-corrected chi connectivity index (χ0v) is 13.9. The molecule has 6 heteroatoms. The van der Waals surface area contributed by atoms with E-state index in [1.165, 1.54) is 21.3 Å². The average molecular weight is 328 g/mol. The lowest BCUT2D eigenvalue weighted by Crippen LogP contribution is -2.12. The summed E-state index contributed by atoms with van der Waals surface area (Å²) in [5.41, 5.74) is 0.376. The Labute approximate surface area is 141 Å². The van der Waals surface area contributed by atoms with Crippen molar-refractivity contribution in [3.05, 3.63) is 48.5 Å². The van der Waals surface area contributed by atoms with Gasteiger partial charge in [-0.2, -0.15) is 5.26 Å². The first kappa shape index (κ1) is 18.8. The van der Waals surface area contributed by atoms with Crippen LogP contribution in [0.25, 0.3) is 0 Å². The lowest BCUT2D eigenvalue weighted by atomic mass is 10.2. The van der Waals surface area contributed by atoms with Gasteiger partial charge in [-0.05, 0) is 0 Å². The fourth-order valence-corrected chi connectivity index (χ4v) is 1.77. The number of ether oxygens (including phenoxy) is 3. The fourth-order valence-electron chi connectivity index (χ4n) is 1.77. The summed E-state index contributed by atoms with van der Waals surface area (Å²) < 4.78 is 15.4. The van der Waals surface area contributed by atoms with E-state index in [1.54, 1.807) is 18.2 Å². The van der Waals surface area contributed by atoms with E-state index in [0.717, 1.165) is 0 Å². The van der Waals surface area contributed by atoms with Gasteiger partial charge in [0.25, 0.3) is 0 Å². The van der Waals surface area contributed by atoms with Crippen molar-refractivity contribution in [3.8, 4) is 23.3 Å². The number of nitrogens with zero attached hydrogens (tertiary/aromatic N) is 1. The SMILES string of the molecule is COc1cc(OC)c(NC(=O)CC#N)c(OC)c1.c1ccccc1. The Morgan fingerprint density at radius 3 is 1.75 bits per heavy atom. The van der Waals surface area contributed by atoms with Gasteiger partial charge in [0.1, 0.15) is 29.4 Å². The van der Waals surface area contributed by atoms with Crippen LogP contribution in [0.3, 0.4) is 0 Å². The quantitative estimate of drug-likeness (QED) is 0.911. The predicted octanol–water partition coefficient (Wildman–Crippen LogP) is 3.25. The molecule has 0 heterocycles. The molecule has 0 unspecified atom stereocenters. The molecule has 2 rings (SSSR count). The molecule has 0 aliphatic rings. The highest BCUT2D eigenvalue weighted by molar-refractivity contribution is 5.95. The van der Waals surface area contributed by atoms with Gasteiger partial charge in [-0.3, -0.25) is 4.79 Å². The highest BCUT2D eigenvalue weighted by Gasteiger charge is 2.15. The van der Waals surface area contributed by atoms with Gasteiger partial charge in [0.2, 0.25) is 5.91 Å². The van der Waals surface area contributed by atoms with E-state index >= 15 is 0 Å². The molecule has 0 aliphatic heterocycles. The predicted molar refractivity (Wildman–Crippen MR) is 91.4 cm³/mol. The summed E-state index contributed by atoms with van der Waals surface area (Å²) in [4.78, 5) is 11.4. The minimum atomic E-state index is -0.431. The number of carbonyl (C=O) groups excluding carboxylic acids is 1.